The van der Waals surface area contributed by atoms with Gasteiger partial charge in [0.2, 0.25) is 0 Å². The number of nitrogens with zero attached hydrogens (tertiary/aromatic N) is 1. The van der Waals surface area contributed by atoms with E-state index in [0.29, 0.717) is 12.1 Å². The van der Waals surface area contributed by atoms with Crippen LogP contribution in [0.4, 0.5) is 0 Å². The summed E-state index contributed by atoms with van der Waals surface area (Å²) in [6, 6.07) is 22.8. The number of benzene rings is 2. The molecule has 17 heavy (non-hydrogen) atoms. The van der Waals surface area contributed by atoms with Crippen LogP contribution in [0.1, 0.15) is 24.1 Å². The van der Waals surface area contributed by atoms with Gasteiger partial charge in [0.15, 0.2) is 0 Å². The maximum atomic E-state index is 2.53. The summed E-state index contributed by atoms with van der Waals surface area (Å²) in [6.07, 6.45) is 0. The van der Waals surface area contributed by atoms with E-state index >= 15 is 0 Å². The Morgan fingerprint density at radius 2 is 1.47 bits per heavy atom. The van der Waals surface area contributed by atoms with Crippen LogP contribution < -0.4 is 0 Å². The minimum absolute atomic E-state index is 0.608. The van der Waals surface area contributed by atoms with E-state index in [4.69, 9.17) is 0 Å². The Morgan fingerprint density at radius 3 is 2.12 bits per heavy atom. The van der Waals surface area contributed by atoms with Crippen LogP contribution in [0.25, 0.3) is 0 Å². The Labute approximate surface area is 103 Å². The molecule has 3 atom stereocenters. The Balaban J connectivity index is 1.72. The number of hydrogen-bond acceptors (Lipinski definition) is 1. The van der Waals surface area contributed by atoms with Crippen molar-refractivity contribution in [3.63, 3.8) is 0 Å². The molecule has 3 rings (SSSR count). The summed E-state index contributed by atoms with van der Waals surface area (Å²) in [5, 5.41) is 0. The first kappa shape index (κ1) is 10.5. The monoisotopic (exact) mass is 223 g/mol. The predicted molar refractivity (Wildman–Crippen MR) is 70.6 cm³/mol. The lowest BCUT2D eigenvalue weighted by Gasteiger charge is -2.04. The lowest BCUT2D eigenvalue weighted by atomic mass is 10.1. The fourth-order valence-electron chi connectivity index (χ4n) is 2.57. The van der Waals surface area contributed by atoms with Crippen LogP contribution in [0.5, 0.6) is 0 Å². The Hall–Kier alpha value is -1.60. The topological polar surface area (TPSA) is 3.01 Å². The molecule has 1 saturated heterocycles. The molecule has 1 heteroatoms. The Kier molecular flexibility index (Phi) is 2.69. The lowest BCUT2D eigenvalue weighted by Crippen LogP contribution is -2.00. The second kappa shape index (κ2) is 4.34. The normalized spacial score (nSPS) is 26.8. The summed E-state index contributed by atoms with van der Waals surface area (Å²) in [6.45, 7) is 3.36. The van der Waals surface area contributed by atoms with Crippen molar-refractivity contribution in [1.29, 1.82) is 0 Å². The number of rotatable bonds is 3. The van der Waals surface area contributed by atoms with Gasteiger partial charge in [0, 0.05) is 12.6 Å². The molecule has 0 N–H and O–H groups in total. The van der Waals surface area contributed by atoms with Crippen molar-refractivity contribution in [2.24, 2.45) is 0 Å². The van der Waals surface area contributed by atoms with E-state index in [1.54, 1.807) is 0 Å². The van der Waals surface area contributed by atoms with Gasteiger partial charge in [-0.15, -0.1) is 0 Å². The second-order valence-electron chi connectivity index (χ2n) is 4.75. The van der Waals surface area contributed by atoms with Gasteiger partial charge in [-0.1, -0.05) is 60.7 Å². The largest absolute Gasteiger partial charge is 0.286 e. The molecule has 0 aliphatic carbocycles. The van der Waals surface area contributed by atoms with Crippen molar-refractivity contribution in [1.82, 2.24) is 4.90 Å². The summed E-state index contributed by atoms with van der Waals surface area (Å²) >= 11 is 0. The third-order valence-corrected chi connectivity index (χ3v) is 3.60. The quantitative estimate of drug-likeness (QED) is 0.718. The molecule has 3 unspecified atom stereocenters. The summed E-state index contributed by atoms with van der Waals surface area (Å²) in [5.74, 6) is 0. The van der Waals surface area contributed by atoms with Gasteiger partial charge >= 0.3 is 0 Å². The fourth-order valence-corrected chi connectivity index (χ4v) is 2.57. The van der Waals surface area contributed by atoms with E-state index in [-0.39, 0.29) is 0 Å². The van der Waals surface area contributed by atoms with E-state index in [1.807, 2.05) is 0 Å². The zero-order valence-corrected chi connectivity index (χ0v) is 10.1. The number of hydrogen-bond donors (Lipinski definition) is 0. The van der Waals surface area contributed by atoms with Crippen LogP contribution in [0.2, 0.25) is 0 Å². The SMILES string of the molecule is CC1C(c2ccccc2)N1Cc1ccccc1. The lowest BCUT2D eigenvalue weighted by molar-refractivity contribution is 0.484. The molecule has 0 spiro atoms. The van der Waals surface area contributed by atoms with Gasteiger partial charge in [-0.3, -0.25) is 4.90 Å². The van der Waals surface area contributed by atoms with E-state index < -0.39 is 0 Å². The van der Waals surface area contributed by atoms with Crippen LogP contribution in [-0.4, -0.2) is 10.9 Å². The molecule has 86 valence electrons. The highest BCUT2D eigenvalue weighted by molar-refractivity contribution is 5.27. The maximum Gasteiger partial charge on any atom is 0.0508 e. The average molecular weight is 223 g/mol. The van der Waals surface area contributed by atoms with Crippen molar-refractivity contribution in [3.8, 4) is 0 Å². The highest BCUT2D eigenvalue weighted by Gasteiger charge is 2.44. The van der Waals surface area contributed by atoms with Crippen LogP contribution in [-0.2, 0) is 6.54 Å². The van der Waals surface area contributed by atoms with E-state index in [9.17, 15) is 0 Å². The molecular formula is C16H17N. The van der Waals surface area contributed by atoms with E-state index in [0.717, 1.165) is 6.54 Å². The van der Waals surface area contributed by atoms with Crippen molar-refractivity contribution in [2.75, 3.05) is 0 Å². The molecule has 0 saturated carbocycles. The molecule has 0 radical (unpaired) electrons. The van der Waals surface area contributed by atoms with Crippen molar-refractivity contribution < 1.29 is 0 Å². The Bertz CT molecular complexity index is 477. The van der Waals surface area contributed by atoms with Crippen LogP contribution in [0.15, 0.2) is 60.7 Å². The van der Waals surface area contributed by atoms with Gasteiger partial charge in [0.25, 0.3) is 0 Å². The summed E-state index contributed by atoms with van der Waals surface area (Å²) in [7, 11) is 0. The first-order chi connectivity index (χ1) is 8.36. The molecule has 0 aromatic heterocycles. The summed E-state index contributed by atoms with van der Waals surface area (Å²) in [4.78, 5) is 2.53. The van der Waals surface area contributed by atoms with Gasteiger partial charge in [-0.05, 0) is 18.1 Å². The van der Waals surface area contributed by atoms with Gasteiger partial charge in [-0.25, -0.2) is 0 Å². The third kappa shape index (κ3) is 2.11. The van der Waals surface area contributed by atoms with Gasteiger partial charge in [-0.2, -0.15) is 0 Å². The van der Waals surface area contributed by atoms with Crippen molar-refractivity contribution in [2.45, 2.75) is 25.6 Å². The first-order valence-electron chi connectivity index (χ1n) is 6.21. The molecule has 0 bridgehead atoms. The molecule has 1 heterocycles. The second-order valence-corrected chi connectivity index (χ2v) is 4.75. The fraction of sp³-hybridized carbons (Fsp3) is 0.250. The van der Waals surface area contributed by atoms with Gasteiger partial charge in [0.05, 0.1) is 6.04 Å². The van der Waals surface area contributed by atoms with Crippen LogP contribution in [0.3, 0.4) is 0 Å². The molecule has 0 amide bonds. The molecule has 1 aliphatic rings. The minimum Gasteiger partial charge on any atom is -0.286 e. The highest BCUT2D eigenvalue weighted by atomic mass is 15.3. The molecule has 2 aromatic carbocycles. The molecule has 1 nitrogen and oxygen atoms in total. The highest BCUT2D eigenvalue weighted by Crippen LogP contribution is 2.43. The summed E-state index contributed by atoms with van der Waals surface area (Å²) in [5.41, 5.74) is 2.84. The molecule has 2 aromatic rings. The van der Waals surface area contributed by atoms with E-state index in [2.05, 4.69) is 72.5 Å². The molecule has 1 fully saturated rings. The van der Waals surface area contributed by atoms with Crippen LogP contribution >= 0.6 is 0 Å². The first-order valence-corrected chi connectivity index (χ1v) is 6.21. The third-order valence-electron chi connectivity index (χ3n) is 3.60. The molecular weight excluding hydrogens is 206 g/mol. The average Bonchev–Trinajstić information content (AvgIpc) is 3.02. The summed E-state index contributed by atoms with van der Waals surface area (Å²) < 4.78 is 0. The zero-order chi connectivity index (χ0) is 11.7. The minimum atomic E-state index is 0.608. The zero-order valence-electron chi connectivity index (χ0n) is 10.1. The molecule has 1 aliphatic heterocycles. The smallest absolute Gasteiger partial charge is 0.0508 e. The Morgan fingerprint density at radius 1 is 0.882 bits per heavy atom. The van der Waals surface area contributed by atoms with Crippen molar-refractivity contribution in [3.05, 3.63) is 71.8 Å². The van der Waals surface area contributed by atoms with Gasteiger partial charge < -0.3 is 0 Å². The van der Waals surface area contributed by atoms with E-state index in [1.165, 1.54) is 11.1 Å². The predicted octanol–water partition coefficient (Wildman–Crippen LogP) is 3.63. The van der Waals surface area contributed by atoms with Gasteiger partial charge in [0.1, 0.15) is 0 Å². The standard InChI is InChI=1S/C16H17N/c1-13-16(15-10-6-3-7-11-15)17(13)12-14-8-4-2-5-9-14/h2-11,13,16H,12H2,1H3. The van der Waals surface area contributed by atoms with Crippen molar-refractivity contribution >= 4 is 0 Å². The van der Waals surface area contributed by atoms with Crippen LogP contribution in [0, 0.1) is 0 Å². The maximum absolute atomic E-state index is 2.53.